The van der Waals surface area contributed by atoms with Gasteiger partial charge in [-0.3, -0.25) is 0 Å². The lowest BCUT2D eigenvalue weighted by atomic mass is 9.91. The average Bonchev–Trinajstić information content (AvgIpc) is 2.96. The molecule has 0 radical (unpaired) electrons. The number of fused-ring (bicyclic) bond motifs is 1. The quantitative estimate of drug-likeness (QED) is 0.851. The Morgan fingerprint density at radius 1 is 1.47 bits per heavy atom. The second kappa shape index (κ2) is 3.88. The molecule has 1 saturated carbocycles. The number of aliphatic hydroxyl groups is 1. The molecule has 0 aromatic carbocycles. The van der Waals surface area contributed by atoms with Crippen molar-refractivity contribution in [3.05, 3.63) is 23.5 Å². The van der Waals surface area contributed by atoms with Gasteiger partial charge in [0, 0.05) is 24.0 Å². The van der Waals surface area contributed by atoms with Gasteiger partial charge in [0.15, 0.2) is 0 Å². The first-order chi connectivity index (χ1) is 8.12. The third-order valence-corrected chi connectivity index (χ3v) is 4.97. The molecular weight excluding hydrogens is 210 g/mol. The van der Waals surface area contributed by atoms with Crippen molar-refractivity contribution in [1.82, 2.24) is 4.57 Å². The van der Waals surface area contributed by atoms with E-state index < -0.39 is 0 Å². The van der Waals surface area contributed by atoms with Crippen molar-refractivity contribution in [1.29, 1.82) is 0 Å². The highest BCUT2D eigenvalue weighted by Crippen LogP contribution is 2.53. The second-order valence-corrected chi connectivity index (χ2v) is 6.27. The highest BCUT2D eigenvalue weighted by Gasteiger charge is 2.45. The van der Waals surface area contributed by atoms with Gasteiger partial charge in [-0.25, -0.2) is 0 Å². The highest BCUT2D eigenvalue weighted by molar-refractivity contribution is 5.27. The van der Waals surface area contributed by atoms with Crippen molar-refractivity contribution in [3.8, 4) is 0 Å². The van der Waals surface area contributed by atoms with E-state index in [9.17, 15) is 5.11 Å². The molecule has 0 saturated heterocycles. The zero-order valence-corrected chi connectivity index (χ0v) is 10.9. The van der Waals surface area contributed by atoms with Gasteiger partial charge in [-0.1, -0.05) is 13.8 Å². The molecule has 2 nitrogen and oxygen atoms in total. The molecule has 0 spiro atoms. The topological polar surface area (TPSA) is 25.2 Å². The van der Waals surface area contributed by atoms with E-state index in [0.717, 1.165) is 31.7 Å². The van der Waals surface area contributed by atoms with E-state index in [1.54, 1.807) is 0 Å². The zero-order chi connectivity index (χ0) is 12.0. The van der Waals surface area contributed by atoms with Gasteiger partial charge >= 0.3 is 0 Å². The van der Waals surface area contributed by atoms with Crippen molar-refractivity contribution < 1.29 is 5.11 Å². The maximum Gasteiger partial charge on any atom is 0.0807 e. The third-order valence-electron chi connectivity index (χ3n) is 4.97. The fourth-order valence-corrected chi connectivity index (χ4v) is 3.30. The van der Waals surface area contributed by atoms with E-state index in [-0.39, 0.29) is 6.10 Å². The molecule has 17 heavy (non-hydrogen) atoms. The lowest BCUT2D eigenvalue weighted by Gasteiger charge is -2.25. The Hall–Kier alpha value is -0.760. The van der Waals surface area contributed by atoms with E-state index >= 15 is 0 Å². The van der Waals surface area contributed by atoms with Crippen molar-refractivity contribution >= 4 is 0 Å². The van der Waals surface area contributed by atoms with E-state index in [1.165, 1.54) is 24.1 Å². The van der Waals surface area contributed by atoms with Crippen LogP contribution in [0.25, 0.3) is 0 Å². The van der Waals surface area contributed by atoms with Crippen LogP contribution in [0.3, 0.4) is 0 Å². The molecule has 1 fully saturated rings. The number of aliphatic hydroxyl groups excluding tert-OH is 1. The largest absolute Gasteiger partial charge is 0.388 e. The predicted molar refractivity (Wildman–Crippen MR) is 68.8 cm³/mol. The Balaban J connectivity index is 1.85. The van der Waals surface area contributed by atoms with Gasteiger partial charge in [-0.15, -0.1) is 0 Å². The average molecular weight is 233 g/mol. The summed E-state index contributed by atoms with van der Waals surface area (Å²) in [5.74, 6) is 0.772. The second-order valence-electron chi connectivity index (χ2n) is 6.27. The normalized spacial score (nSPS) is 26.0. The lowest BCUT2D eigenvalue weighted by molar-refractivity contribution is 0.155. The summed E-state index contributed by atoms with van der Waals surface area (Å²) < 4.78 is 2.42. The van der Waals surface area contributed by atoms with E-state index in [1.807, 2.05) is 0 Å². The summed E-state index contributed by atoms with van der Waals surface area (Å²) in [5, 5.41) is 9.98. The summed E-state index contributed by atoms with van der Waals surface area (Å²) in [5.41, 5.74) is 3.14. The molecule has 2 aliphatic rings. The zero-order valence-electron chi connectivity index (χ0n) is 10.9. The van der Waals surface area contributed by atoms with Crippen LogP contribution < -0.4 is 0 Å². The first kappa shape index (κ1) is 11.3. The van der Waals surface area contributed by atoms with E-state index in [2.05, 4.69) is 30.7 Å². The minimum absolute atomic E-state index is 0.214. The fourth-order valence-electron chi connectivity index (χ4n) is 3.30. The van der Waals surface area contributed by atoms with Crippen LogP contribution in [0.1, 0.15) is 56.9 Å². The van der Waals surface area contributed by atoms with Crippen LogP contribution in [0, 0.1) is 11.3 Å². The van der Waals surface area contributed by atoms with Gasteiger partial charge in [0.25, 0.3) is 0 Å². The molecule has 0 aliphatic heterocycles. The maximum absolute atomic E-state index is 9.98. The number of aromatic nitrogens is 1. The van der Waals surface area contributed by atoms with Crippen LogP contribution >= 0.6 is 0 Å². The lowest BCUT2D eigenvalue weighted by Crippen LogP contribution is -2.20. The summed E-state index contributed by atoms with van der Waals surface area (Å²) in [6.07, 6.45) is 7.95. The van der Waals surface area contributed by atoms with Crippen molar-refractivity contribution in [2.75, 3.05) is 0 Å². The number of hydrogen-bond acceptors (Lipinski definition) is 1. The Kier molecular flexibility index (Phi) is 2.58. The Morgan fingerprint density at radius 3 is 2.88 bits per heavy atom. The van der Waals surface area contributed by atoms with Crippen LogP contribution in [0.2, 0.25) is 0 Å². The first-order valence-electron chi connectivity index (χ1n) is 6.98. The first-order valence-corrected chi connectivity index (χ1v) is 6.98. The van der Waals surface area contributed by atoms with Crippen LogP contribution in [0.4, 0.5) is 0 Å². The molecule has 2 heteroatoms. The van der Waals surface area contributed by atoms with Crippen molar-refractivity contribution in [2.45, 2.75) is 58.6 Å². The minimum atomic E-state index is -0.214. The molecule has 94 valence electrons. The fraction of sp³-hybridized carbons (Fsp3) is 0.733. The molecule has 1 N–H and O–H groups in total. The van der Waals surface area contributed by atoms with Crippen LogP contribution in [0.15, 0.2) is 12.3 Å². The summed E-state index contributed by atoms with van der Waals surface area (Å²) >= 11 is 0. The van der Waals surface area contributed by atoms with E-state index in [0.29, 0.717) is 5.41 Å². The molecule has 1 aromatic heterocycles. The van der Waals surface area contributed by atoms with Gasteiger partial charge in [0.1, 0.15) is 0 Å². The molecule has 0 bridgehead atoms. The Bertz CT molecular complexity index is 415. The van der Waals surface area contributed by atoms with Crippen LogP contribution in [0.5, 0.6) is 0 Å². The molecule has 0 amide bonds. The number of hydrogen-bond donors (Lipinski definition) is 1. The smallest absolute Gasteiger partial charge is 0.0807 e. The molecule has 3 rings (SSSR count). The number of rotatable bonds is 3. The van der Waals surface area contributed by atoms with Gasteiger partial charge in [0.2, 0.25) is 0 Å². The summed E-state index contributed by atoms with van der Waals surface area (Å²) in [6.45, 7) is 5.85. The Morgan fingerprint density at radius 2 is 2.24 bits per heavy atom. The number of nitrogens with zero attached hydrogens (tertiary/aromatic N) is 1. The van der Waals surface area contributed by atoms with Crippen molar-refractivity contribution in [3.63, 3.8) is 0 Å². The van der Waals surface area contributed by atoms with Gasteiger partial charge in [-0.2, -0.15) is 0 Å². The molecule has 1 heterocycles. The van der Waals surface area contributed by atoms with E-state index in [4.69, 9.17) is 0 Å². The van der Waals surface area contributed by atoms with Crippen LogP contribution in [-0.4, -0.2) is 9.67 Å². The molecule has 1 aromatic rings. The molecule has 1 unspecified atom stereocenters. The van der Waals surface area contributed by atoms with Gasteiger partial charge < -0.3 is 9.67 Å². The van der Waals surface area contributed by atoms with Gasteiger partial charge in [-0.05, 0) is 49.5 Å². The predicted octanol–water partition coefficient (Wildman–Crippen LogP) is 3.29. The highest BCUT2D eigenvalue weighted by atomic mass is 16.3. The SMILES string of the molecule is CC(C)C1(Cn2ccc3c2CCCC3O)CC1. The summed E-state index contributed by atoms with van der Waals surface area (Å²) in [7, 11) is 0. The van der Waals surface area contributed by atoms with Crippen LogP contribution in [-0.2, 0) is 13.0 Å². The summed E-state index contributed by atoms with van der Waals surface area (Å²) in [6, 6.07) is 2.13. The standard InChI is InChI=1S/C15H23NO/c1-11(2)15(7-8-15)10-16-9-6-12-13(16)4-3-5-14(12)17/h6,9,11,14,17H,3-5,7-8,10H2,1-2H3. The maximum atomic E-state index is 9.98. The molecule has 2 aliphatic carbocycles. The monoisotopic (exact) mass is 233 g/mol. The van der Waals surface area contributed by atoms with Crippen molar-refractivity contribution in [2.24, 2.45) is 11.3 Å². The Labute approximate surface area is 104 Å². The summed E-state index contributed by atoms with van der Waals surface area (Å²) in [4.78, 5) is 0. The third kappa shape index (κ3) is 1.83. The molecular formula is C15H23NO. The molecule has 1 atom stereocenters. The van der Waals surface area contributed by atoms with Gasteiger partial charge in [0.05, 0.1) is 6.10 Å². The minimum Gasteiger partial charge on any atom is -0.388 e.